The Morgan fingerprint density at radius 2 is 1.62 bits per heavy atom. The molecule has 1 aromatic heterocycles. The largest absolute Gasteiger partial charge is 1.00 e. The average Bonchev–Trinajstić information content (AvgIpc) is 3.61. The van der Waals surface area contributed by atoms with E-state index in [0.717, 1.165) is 23.7 Å². The summed E-state index contributed by atoms with van der Waals surface area (Å²) in [6.45, 7) is 0.604. The minimum Gasteiger partial charge on any atom is -0.550 e. The maximum Gasteiger partial charge on any atom is 1.00 e. The zero-order valence-electron chi connectivity index (χ0n) is 27.1. The van der Waals surface area contributed by atoms with Crippen molar-refractivity contribution in [2.45, 2.75) is 62.5 Å². The Balaban J connectivity index is 0. The number of aliphatic carboxylic acids is 1. The molecule has 48 heavy (non-hydrogen) atoms. The maximum absolute atomic E-state index is 13.9. The van der Waals surface area contributed by atoms with E-state index < -0.39 is 23.5 Å². The molecule has 2 heterocycles. The van der Waals surface area contributed by atoms with Crippen LogP contribution in [0.2, 0.25) is 5.02 Å². The van der Waals surface area contributed by atoms with Crippen LogP contribution >= 0.6 is 23.2 Å². The number of methoxy groups -OCH3 is 1. The van der Waals surface area contributed by atoms with E-state index in [1.54, 1.807) is 31.5 Å². The topological polar surface area (TPSA) is 270 Å². The molecule has 1 aliphatic heterocycles. The number of carbonyl (C=O) groups is 3. The summed E-state index contributed by atoms with van der Waals surface area (Å²) in [4.78, 5) is 40.1. The molecule has 5 rings (SSSR count). The molecule has 1 saturated carbocycles. The molecule has 3 unspecified atom stereocenters. The van der Waals surface area contributed by atoms with E-state index in [0.29, 0.717) is 49.0 Å². The van der Waals surface area contributed by atoms with Crippen molar-refractivity contribution in [3.8, 4) is 0 Å². The van der Waals surface area contributed by atoms with Gasteiger partial charge in [-0.25, -0.2) is 4.90 Å². The zero-order chi connectivity index (χ0) is 30.0. The van der Waals surface area contributed by atoms with Gasteiger partial charge in [0.1, 0.15) is 11.6 Å². The molecule has 2 aromatic carbocycles. The van der Waals surface area contributed by atoms with Gasteiger partial charge in [0.05, 0.1) is 22.4 Å². The summed E-state index contributed by atoms with van der Waals surface area (Å²) in [6.07, 6.45) is 3.72. The van der Waals surface area contributed by atoms with Gasteiger partial charge in [0.25, 0.3) is 5.91 Å². The van der Waals surface area contributed by atoms with Crippen molar-refractivity contribution in [3.05, 3.63) is 64.8 Å². The molecule has 3 aromatic rings. The van der Waals surface area contributed by atoms with Crippen LogP contribution in [0, 0.1) is 5.92 Å². The Bertz CT molecular complexity index is 1490. The number of alkyl halides is 1. The predicted molar refractivity (Wildman–Crippen MR) is 176 cm³/mol. The summed E-state index contributed by atoms with van der Waals surface area (Å²) in [5.74, 6) is -2.21. The van der Waals surface area contributed by atoms with Gasteiger partial charge in [-0.15, -0.1) is 11.6 Å². The number of carbonyl (C=O) groups excluding carboxylic acids is 3. The fraction of sp³-hybridized carbons (Fsp3) is 0.452. The van der Waals surface area contributed by atoms with E-state index in [2.05, 4.69) is 5.32 Å². The molecule has 1 saturated heterocycles. The molecule has 0 bridgehead atoms. The van der Waals surface area contributed by atoms with Gasteiger partial charge in [0.2, 0.25) is 0 Å². The van der Waals surface area contributed by atoms with E-state index in [9.17, 15) is 19.5 Å². The molecule has 3 atom stereocenters. The SMILES string of the molecule is COC1CCCN1C(OC1CCC(C(=O)[O-])CC1)C(=O)C(Cl)c1ccc(NC(=O)c2cn(C)c3ccccc23)c(Cl)c1.O.O.O.O.O.[Na+]. The van der Waals surface area contributed by atoms with Crippen LogP contribution in [-0.4, -0.2) is 86.7 Å². The number of para-hydroxylation sites is 1. The van der Waals surface area contributed by atoms with E-state index >= 15 is 0 Å². The summed E-state index contributed by atoms with van der Waals surface area (Å²) in [6, 6.07) is 12.5. The number of nitrogens with zero attached hydrogens (tertiary/aromatic N) is 2. The number of amides is 1. The fourth-order valence-electron chi connectivity index (χ4n) is 6.00. The first-order valence-electron chi connectivity index (χ1n) is 14.2. The predicted octanol–water partition coefficient (Wildman–Crippen LogP) is -2.47. The smallest absolute Gasteiger partial charge is 0.550 e. The fourth-order valence-corrected chi connectivity index (χ4v) is 6.48. The number of fused-ring (bicyclic) bond motifs is 1. The molecular formula is C31H44Cl2N3NaO11. The minimum absolute atomic E-state index is 0. The Morgan fingerprint density at radius 3 is 2.23 bits per heavy atom. The number of Topliss-reactive ketones (excluding diaryl/α,β-unsaturated/α-hetero) is 1. The number of anilines is 1. The van der Waals surface area contributed by atoms with E-state index in [-0.39, 0.29) is 86.0 Å². The average molecular weight is 729 g/mol. The molecule has 17 heteroatoms. The zero-order valence-corrected chi connectivity index (χ0v) is 30.6. The van der Waals surface area contributed by atoms with Gasteiger partial charge in [0, 0.05) is 43.8 Å². The minimum atomic E-state index is -1.08. The number of halogens is 2. The first-order chi connectivity index (χ1) is 20.2. The van der Waals surface area contributed by atoms with E-state index in [4.69, 9.17) is 32.7 Å². The first kappa shape index (κ1) is 48.0. The molecule has 0 spiro atoms. The van der Waals surface area contributed by atoms with Crippen LogP contribution in [0.1, 0.15) is 59.8 Å². The van der Waals surface area contributed by atoms with Crippen molar-refractivity contribution in [1.29, 1.82) is 0 Å². The number of nitrogens with one attached hydrogen (secondary N) is 1. The number of rotatable bonds is 10. The third-order valence-electron chi connectivity index (χ3n) is 8.31. The quantitative estimate of drug-likeness (QED) is 0.173. The Kier molecular flexibility index (Phi) is 21.1. The van der Waals surface area contributed by atoms with Crippen molar-refractivity contribution >= 4 is 57.5 Å². The molecule has 264 valence electrons. The summed E-state index contributed by atoms with van der Waals surface area (Å²) in [5.41, 5.74) is 2.32. The van der Waals surface area contributed by atoms with Gasteiger partial charge < -0.3 is 56.6 Å². The van der Waals surface area contributed by atoms with Gasteiger partial charge in [-0.2, -0.15) is 0 Å². The Labute approximate surface area is 310 Å². The number of ether oxygens (including phenoxy) is 2. The number of aromatic nitrogens is 1. The third kappa shape index (κ3) is 10.4. The number of hydrogen-bond donors (Lipinski definition) is 1. The molecular weight excluding hydrogens is 684 g/mol. The second-order valence-electron chi connectivity index (χ2n) is 11.0. The summed E-state index contributed by atoms with van der Waals surface area (Å²) in [5, 5.41) is 14.1. The van der Waals surface area contributed by atoms with Gasteiger partial charge in [-0.05, 0) is 68.2 Å². The van der Waals surface area contributed by atoms with E-state index in [1.807, 2.05) is 40.8 Å². The Morgan fingerprint density at radius 1 is 0.979 bits per heavy atom. The van der Waals surface area contributed by atoms with Crippen molar-refractivity contribution < 1.29 is 85.9 Å². The van der Waals surface area contributed by atoms with Gasteiger partial charge in [-0.1, -0.05) is 35.9 Å². The number of aryl methyl sites for hydroxylation is 1. The molecule has 1 amide bonds. The molecule has 0 radical (unpaired) electrons. The molecule has 11 N–H and O–H groups in total. The van der Waals surface area contributed by atoms with Crippen LogP contribution in [-0.2, 0) is 26.1 Å². The number of hydrogen-bond acceptors (Lipinski definition) is 7. The van der Waals surface area contributed by atoms with Crippen LogP contribution in [0.4, 0.5) is 5.69 Å². The third-order valence-corrected chi connectivity index (χ3v) is 9.09. The van der Waals surface area contributed by atoms with Gasteiger partial charge in [0.15, 0.2) is 12.0 Å². The summed E-state index contributed by atoms with van der Waals surface area (Å²) in [7, 11) is 3.48. The molecule has 2 aliphatic rings. The van der Waals surface area contributed by atoms with Crippen molar-refractivity contribution in [1.82, 2.24) is 9.47 Å². The van der Waals surface area contributed by atoms with Crippen LogP contribution in [0.5, 0.6) is 0 Å². The number of benzene rings is 2. The van der Waals surface area contributed by atoms with Crippen molar-refractivity contribution in [3.63, 3.8) is 0 Å². The first-order valence-corrected chi connectivity index (χ1v) is 15.0. The standard InChI is InChI=1S/C31H35Cl2N3O6.Na.5H2O/c1-35-17-22(21-6-3-4-7-25(21)35)29(38)34-24-14-11-19(16-23(24)32)27(33)28(37)30(36-15-5-8-26(36)41-2)42-20-12-9-18(10-13-20)31(39)40;;;;;;/h3-4,6-7,11,14,16-18,20,26-27,30H,5,8-10,12-13,15H2,1-2H3,(H,34,38)(H,39,40);;5*1H2/q;+1;;;;;/p-1. The number of carboxylic acid groups (broad SMARTS) is 1. The van der Waals surface area contributed by atoms with Crippen LogP contribution in [0.25, 0.3) is 10.9 Å². The van der Waals surface area contributed by atoms with Gasteiger partial charge in [-0.3, -0.25) is 9.59 Å². The second-order valence-corrected chi connectivity index (χ2v) is 11.8. The van der Waals surface area contributed by atoms with Crippen LogP contribution < -0.4 is 40.0 Å². The van der Waals surface area contributed by atoms with Crippen LogP contribution in [0.3, 0.4) is 0 Å². The summed E-state index contributed by atoms with van der Waals surface area (Å²) >= 11 is 13.3. The monoisotopic (exact) mass is 727 g/mol. The summed E-state index contributed by atoms with van der Waals surface area (Å²) < 4.78 is 13.8. The number of likely N-dealkylation sites (tertiary alicyclic amines) is 1. The maximum atomic E-state index is 13.9. The van der Waals surface area contributed by atoms with Crippen LogP contribution in [0.15, 0.2) is 48.7 Å². The van der Waals surface area contributed by atoms with Crippen molar-refractivity contribution in [2.24, 2.45) is 13.0 Å². The van der Waals surface area contributed by atoms with Gasteiger partial charge >= 0.3 is 29.6 Å². The molecule has 14 nitrogen and oxygen atoms in total. The Hall–Kier alpha value is -2.15. The van der Waals surface area contributed by atoms with E-state index in [1.165, 1.54) is 0 Å². The molecule has 1 aliphatic carbocycles. The molecule has 2 fully saturated rings. The normalized spacial score (nSPS) is 19.8. The van der Waals surface area contributed by atoms with Crippen molar-refractivity contribution in [2.75, 3.05) is 19.0 Å². The number of ketones is 1. The number of carboxylic acids is 1. The second kappa shape index (κ2) is 21.2.